The standard InChI is InChI=1S/C15H17BrN2O2/c1-9(19)14(17)15(20)18-8-10-6-11-4-2-3-5-12(11)13(16)7-10/h2-7,9,14,19H,8,17H2,1H3,(H,18,20)/t9-,14-/m1/s1. The molecule has 4 nitrogen and oxygen atoms in total. The van der Waals surface area contributed by atoms with Crippen molar-refractivity contribution in [1.29, 1.82) is 0 Å². The van der Waals surface area contributed by atoms with Crippen LogP contribution in [0.1, 0.15) is 12.5 Å². The molecule has 0 aromatic heterocycles. The summed E-state index contributed by atoms with van der Waals surface area (Å²) >= 11 is 3.53. The van der Waals surface area contributed by atoms with E-state index in [1.807, 2.05) is 36.4 Å². The summed E-state index contributed by atoms with van der Waals surface area (Å²) in [5, 5.41) is 14.2. The summed E-state index contributed by atoms with van der Waals surface area (Å²) in [6.07, 6.45) is -0.863. The number of carbonyl (C=O) groups excluding carboxylic acids is 1. The van der Waals surface area contributed by atoms with Gasteiger partial charge in [-0.1, -0.05) is 40.2 Å². The molecule has 0 unspecified atom stereocenters. The molecule has 2 atom stereocenters. The van der Waals surface area contributed by atoms with E-state index in [0.29, 0.717) is 6.54 Å². The maximum Gasteiger partial charge on any atom is 0.239 e. The zero-order chi connectivity index (χ0) is 14.7. The maximum absolute atomic E-state index is 11.7. The van der Waals surface area contributed by atoms with Gasteiger partial charge >= 0.3 is 0 Å². The second kappa shape index (κ2) is 6.35. The number of hydrogen-bond donors (Lipinski definition) is 3. The van der Waals surface area contributed by atoms with Gasteiger partial charge in [0.1, 0.15) is 6.04 Å². The van der Waals surface area contributed by atoms with Crippen molar-refractivity contribution >= 4 is 32.6 Å². The highest BCUT2D eigenvalue weighted by atomic mass is 79.9. The Morgan fingerprint density at radius 1 is 1.40 bits per heavy atom. The van der Waals surface area contributed by atoms with Crippen molar-refractivity contribution in [2.24, 2.45) is 5.73 Å². The van der Waals surface area contributed by atoms with Crippen LogP contribution in [-0.4, -0.2) is 23.2 Å². The van der Waals surface area contributed by atoms with Crippen LogP contribution in [0.25, 0.3) is 10.8 Å². The van der Waals surface area contributed by atoms with Gasteiger partial charge < -0.3 is 16.2 Å². The number of fused-ring (bicyclic) bond motifs is 1. The molecule has 0 aliphatic carbocycles. The van der Waals surface area contributed by atoms with Crippen molar-refractivity contribution in [3.63, 3.8) is 0 Å². The molecule has 2 aromatic rings. The molecular weight excluding hydrogens is 320 g/mol. The first-order valence-electron chi connectivity index (χ1n) is 6.37. The summed E-state index contributed by atoms with van der Waals surface area (Å²) in [5.41, 5.74) is 6.55. The minimum absolute atomic E-state index is 0.357. The minimum Gasteiger partial charge on any atom is -0.391 e. The van der Waals surface area contributed by atoms with Crippen molar-refractivity contribution in [3.8, 4) is 0 Å². The highest BCUT2D eigenvalue weighted by Crippen LogP contribution is 2.25. The molecule has 0 fully saturated rings. The third-order valence-electron chi connectivity index (χ3n) is 3.16. The number of carbonyl (C=O) groups is 1. The van der Waals surface area contributed by atoms with E-state index in [-0.39, 0.29) is 5.91 Å². The molecule has 20 heavy (non-hydrogen) atoms. The van der Waals surface area contributed by atoms with Crippen LogP contribution in [0.3, 0.4) is 0 Å². The highest BCUT2D eigenvalue weighted by Gasteiger charge is 2.18. The topological polar surface area (TPSA) is 75.3 Å². The van der Waals surface area contributed by atoms with Crippen molar-refractivity contribution in [2.45, 2.75) is 25.6 Å². The number of aliphatic hydroxyl groups is 1. The van der Waals surface area contributed by atoms with Gasteiger partial charge in [0.05, 0.1) is 6.10 Å². The third-order valence-corrected chi connectivity index (χ3v) is 3.82. The minimum atomic E-state index is -0.904. The fourth-order valence-corrected chi connectivity index (χ4v) is 2.61. The summed E-state index contributed by atoms with van der Waals surface area (Å²) in [7, 11) is 0. The van der Waals surface area contributed by atoms with Gasteiger partial charge in [0.25, 0.3) is 0 Å². The van der Waals surface area contributed by atoms with Crippen molar-refractivity contribution < 1.29 is 9.90 Å². The molecule has 0 aliphatic heterocycles. The number of aliphatic hydroxyl groups excluding tert-OH is 1. The van der Waals surface area contributed by atoms with Gasteiger partial charge in [0.2, 0.25) is 5.91 Å². The van der Waals surface area contributed by atoms with Crippen LogP contribution in [0.15, 0.2) is 40.9 Å². The number of amides is 1. The maximum atomic E-state index is 11.7. The number of nitrogens with one attached hydrogen (secondary N) is 1. The number of halogens is 1. The smallest absolute Gasteiger partial charge is 0.239 e. The fourth-order valence-electron chi connectivity index (χ4n) is 1.95. The molecular formula is C15H17BrN2O2. The van der Waals surface area contributed by atoms with Crippen LogP contribution in [0.4, 0.5) is 0 Å². The Kier molecular flexibility index (Phi) is 4.75. The van der Waals surface area contributed by atoms with E-state index < -0.39 is 12.1 Å². The molecule has 0 radical (unpaired) electrons. The second-order valence-corrected chi connectivity index (χ2v) is 5.64. The highest BCUT2D eigenvalue weighted by molar-refractivity contribution is 9.10. The number of hydrogen-bond acceptors (Lipinski definition) is 3. The Morgan fingerprint density at radius 2 is 2.10 bits per heavy atom. The molecule has 2 rings (SSSR count). The Morgan fingerprint density at radius 3 is 2.80 bits per heavy atom. The molecule has 5 heteroatoms. The first-order chi connectivity index (χ1) is 9.49. The van der Waals surface area contributed by atoms with Crippen LogP contribution < -0.4 is 11.1 Å². The molecule has 0 spiro atoms. The summed E-state index contributed by atoms with van der Waals surface area (Å²) in [6, 6.07) is 11.1. The molecule has 1 amide bonds. The van der Waals surface area contributed by atoms with Crippen LogP contribution in [0.2, 0.25) is 0 Å². The summed E-state index contributed by atoms with van der Waals surface area (Å²) in [6.45, 7) is 1.87. The monoisotopic (exact) mass is 336 g/mol. The molecule has 0 bridgehead atoms. The summed E-state index contributed by atoms with van der Waals surface area (Å²) in [5.74, 6) is -0.357. The Labute approximate surface area is 126 Å². The van der Waals surface area contributed by atoms with E-state index in [4.69, 9.17) is 5.73 Å². The van der Waals surface area contributed by atoms with Crippen LogP contribution >= 0.6 is 15.9 Å². The number of benzene rings is 2. The van der Waals surface area contributed by atoms with Gasteiger partial charge in [0, 0.05) is 11.0 Å². The van der Waals surface area contributed by atoms with Crippen molar-refractivity contribution in [1.82, 2.24) is 5.32 Å². The first kappa shape index (κ1) is 15.0. The third kappa shape index (κ3) is 3.36. The summed E-state index contributed by atoms with van der Waals surface area (Å²) < 4.78 is 0.986. The average molecular weight is 337 g/mol. The van der Waals surface area contributed by atoms with E-state index in [1.165, 1.54) is 6.92 Å². The van der Waals surface area contributed by atoms with Gasteiger partial charge in [-0.3, -0.25) is 4.79 Å². The Hall–Kier alpha value is -1.43. The molecule has 106 valence electrons. The van der Waals surface area contributed by atoms with Gasteiger partial charge in [0.15, 0.2) is 0 Å². The lowest BCUT2D eigenvalue weighted by molar-refractivity contribution is -0.124. The lowest BCUT2D eigenvalue weighted by Gasteiger charge is -2.15. The normalized spacial score (nSPS) is 14.0. The quantitative estimate of drug-likeness (QED) is 0.798. The van der Waals surface area contributed by atoms with E-state index in [0.717, 1.165) is 20.8 Å². The van der Waals surface area contributed by atoms with Crippen LogP contribution in [-0.2, 0) is 11.3 Å². The molecule has 4 N–H and O–H groups in total. The molecule has 0 heterocycles. The molecule has 0 saturated heterocycles. The van der Waals surface area contributed by atoms with E-state index in [1.54, 1.807) is 0 Å². The zero-order valence-corrected chi connectivity index (χ0v) is 12.7. The van der Waals surface area contributed by atoms with Crippen molar-refractivity contribution in [3.05, 3.63) is 46.4 Å². The van der Waals surface area contributed by atoms with Crippen molar-refractivity contribution in [2.75, 3.05) is 0 Å². The molecule has 0 aliphatic rings. The Balaban J connectivity index is 2.13. The predicted molar refractivity (Wildman–Crippen MR) is 83.2 cm³/mol. The lowest BCUT2D eigenvalue weighted by atomic mass is 10.1. The molecule has 2 aromatic carbocycles. The summed E-state index contributed by atoms with van der Waals surface area (Å²) in [4.78, 5) is 11.7. The van der Waals surface area contributed by atoms with E-state index in [2.05, 4.69) is 21.2 Å². The number of rotatable bonds is 4. The van der Waals surface area contributed by atoms with E-state index >= 15 is 0 Å². The number of nitrogens with two attached hydrogens (primary N) is 1. The Bertz CT molecular complexity index is 628. The van der Waals surface area contributed by atoms with Gasteiger partial charge in [-0.25, -0.2) is 0 Å². The zero-order valence-electron chi connectivity index (χ0n) is 11.1. The molecule has 0 saturated carbocycles. The van der Waals surface area contributed by atoms with Crippen LogP contribution in [0, 0.1) is 0 Å². The predicted octanol–water partition coefficient (Wildman–Crippen LogP) is 1.93. The average Bonchev–Trinajstić information content (AvgIpc) is 2.44. The van der Waals surface area contributed by atoms with Gasteiger partial charge in [-0.2, -0.15) is 0 Å². The van der Waals surface area contributed by atoms with E-state index in [9.17, 15) is 9.90 Å². The first-order valence-corrected chi connectivity index (χ1v) is 7.17. The second-order valence-electron chi connectivity index (χ2n) is 4.78. The fraction of sp³-hybridized carbons (Fsp3) is 0.267. The lowest BCUT2D eigenvalue weighted by Crippen LogP contribution is -2.46. The van der Waals surface area contributed by atoms with Gasteiger partial charge in [-0.05, 0) is 35.4 Å². The largest absolute Gasteiger partial charge is 0.391 e. The van der Waals surface area contributed by atoms with Crippen LogP contribution in [0.5, 0.6) is 0 Å². The van der Waals surface area contributed by atoms with Gasteiger partial charge in [-0.15, -0.1) is 0 Å². The SMILES string of the molecule is C[C@@H](O)[C@@H](N)C(=O)NCc1cc(Br)c2ccccc2c1.